The summed E-state index contributed by atoms with van der Waals surface area (Å²) in [7, 11) is 0. The normalized spacial score (nSPS) is 11.4. The molecule has 2 heteroatoms. The van der Waals surface area contributed by atoms with E-state index in [1.54, 1.807) is 0 Å². The number of benzene rings is 11. The van der Waals surface area contributed by atoms with Crippen LogP contribution in [0.15, 0.2) is 255 Å². The highest BCUT2D eigenvalue weighted by atomic mass is 15.1. The molecule has 0 saturated heterocycles. The molecule has 0 saturated carbocycles. The fourth-order valence-electron chi connectivity index (χ4n) is 9.71. The van der Waals surface area contributed by atoms with Gasteiger partial charge in [-0.1, -0.05) is 200 Å². The lowest BCUT2D eigenvalue weighted by molar-refractivity contribution is 1.18. The fourth-order valence-corrected chi connectivity index (χ4v) is 9.71. The van der Waals surface area contributed by atoms with Crippen LogP contribution in [0.25, 0.3) is 93.5 Å². The van der Waals surface area contributed by atoms with E-state index in [0.717, 1.165) is 45.0 Å². The average Bonchev–Trinajstić information content (AvgIpc) is 3.71. The van der Waals surface area contributed by atoms with Crippen LogP contribution in [0.3, 0.4) is 0 Å². The molecule has 1 aromatic heterocycles. The Balaban J connectivity index is 1.04. The van der Waals surface area contributed by atoms with Crippen molar-refractivity contribution in [2.45, 2.75) is 0 Å². The molecule has 12 rings (SSSR count). The molecule has 0 unspecified atom stereocenters. The maximum Gasteiger partial charge on any atom is 0.0541 e. The number of hydrogen-bond acceptors (Lipinski definition) is 1. The van der Waals surface area contributed by atoms with E-state index in [4.69, 9.17) is 0 Å². The molecule has 300 valence electrons. The zero-order valence-electron chi connectivity index (χ0n) is 35.1. The van der Waals surface area contributed by atoms with Crippen molar-refractivity contribution in [3.63, 3.8) is 0 Å². The number of anilines is 3. The third-order valence-electron chi connectivity index (χ3n) is 12.8. The molecule has 1 heterocycles. The number of nitrogens with zero attached hydrogens (tertiary/aromatic N) is 2. The molecule has 0 radical (unpaired) electrons. The van der Waals surface area contributed by atoms with E-state index in [1.165, 1.54) is 65.6 Å². The van der Waals surface area contributed by atoms with Crippen LogP contribution in [0.1, 0.15) is 0 Å². The Labute approximate surface area is 373 Å². The highest BCUT2D eigenvalue weighted by Crippen LogP contribution is 2.46. The topological polar surface area (TPSA) is 8.17 Å². The van der Waals surface area contributed by atoms with Crippen LogP contribution in [-0.2, 0) is 0 Å². The standard InChI is InChI=1S/C62H42N2/c1-2-18-46(19-3-1)58-42-52(38-39-54(58)55-23-9-13-27-60(55)64-61-28-14-10-24-56(61)57-25-11-15-29-62(57)64)63(51-37-36-44-17-5-7-21-49(44)41-51)59-26-12-8-22-53(59)47-33-30-45(31-34-47)50-35-32-43-16-4-6-20-48(43)40-50/h1-42H. The van der Waals surface area contributed by atoms with Crippen LogP contribution in [0.5, 0.6) is 0 Å². The molecular weight excluding hydrogens is 773 g/mol. The van der Waals surface area contributed by atoms with Crippen molar-refractivity contribution in [1.82, 2.24) is 4.57 Å². The van der Waals surface area contributed by atoms with Crippen LogP contribution in [-0.4, -0.2) is 4.57 Å². The number of para-hydroxylation sites is 4. The van der Waals surface area contributed by atoms with Gasteiger partial charge in [0.15, 0.2) is 0 Å². The number of aromatic nitrogens is 1. The van der Waals surface area contributed by atoms with E-state index in [0.29, 0.717) is 0 Å². The predicted molar refractivity (Wildman–Crippen MR) is 272 cm³/mol. The Hall–Kier alpha value is -8.46. The second-order valence-corrected chi connectivity index (χ2v) is 16.5. The third kappa shape index (κ3) is 6.52. The largest absolute Gasteiger partial charge is 0.310 e. The Bertz CT molecular complexity index is 3620. The molecular formula is C62H42N2. The lowest BCUT2D eigenvalue weighted by Gasteiger charge is -2.29. The molecule has 12 aromatic rings. The minimum absolute atomic E-state index is 1.08. The predicted octanol–water partition coefficient (Wildman–Crippen LogP) is 17.2. The zero-order chi connectivity index (χ0) is 42.4. The van der Waals surface area contributed by atoms with Gasteiger partial charge in [-0.15, -0.1) is 0 Å². The molecule has 0 aliphatic heterocycles. The minimum Gasteiger partial charge on any atom is -0.310 e. The first-order valence-electron chi connectivity index (χ1n) is 22.0. The van der Waals surface area contributed by atoms with Gasteiger partial charge >= 0.3 is 0 Å². The first-order valence-corrected chi connectivity index (χ1v) is 22.0. The van der Waals surface area contributed by atoms with Crippen molar-refractivity contribution in [2.75, 3.05) is 4.90 Å². The lowest BCUT2D eigenvalue weighted by Crippen LogP contribution is -2.11. The van der Waals surface area contributed by atoms with E-state index in [2.05, 4.69) is 264 Å². The van der Waals surface area contributed by atoms with Crippen molar-refractivity contribution in [3.8, 4) is 50.2 Å². The average molecular weight is 815 g/mol. The summed E-state index contributed by atoms with van der Waals surface area (Å²) < 4.78 is 2.44. The monoisotopic (exact) mass is 814 g/mol. The van der Waals surface area contributed by atoms with Crippen LogP contribution in [0.2, 0.25) is 0 Å². The Morgan fingerprint density at radius 1 is 0.266 bits per heavy atom. The number of hydrogen-bond donors (Lipinski definition) is 0. The Morgan fingerprint density at radius 3 is 1.50 bits per heavy atom. The molecule has 0 N–H and O–H groups in total. The van der Waals surface area contributed by atoms with Crippen molar-refractivity contribution in [2.24, 2.45) is 0 Å². The van der Waals surface area contributed by atoms with Crippen LogP contribution in [0, 0.1) is 0 Å². The summed E-state index contributed by atoms with van der Waals surface area (Å²) in [5, 5.41) is 7.41. The second kappa shape index (κ2) is 15.8. The molecule has 0 spiro atoms. The Kier molecular flexibility index (Phi) is 9.20. The molecule has 11 aromatic carbocycles. The number of fused-ring (bicyclic) bond motifs is 5. The van der Waals surface area contributed by atoms with E-state index in [-0.39, 0.29) is 0 Å². The quantitative estimate of drug-likeness (QED) is 0.148. The van der Waals surface area contributed by atoms with Gasteiger partial charge in [-0.3, -0.25) is 0 Å². The molecule has 0 aliphatic carbocycles. The highest BCUT2D eigenvalue weighted by Gasteiger charge is 2.22. The second-order valence-electron chi connectivity index (χ2n) is 16.5. The van der Waals surface area contributed by atoms with Crippen LogP contribution < -0.4 is 4.90 Å². The minimum atomic E-state index is 1.08. The van der Waals surface area contributed by atoms with E-state index >= 15 is 0 Å². The first-order chi connectivity index (χ1) is 31.7. The molecule has 0 bridgehead atoms. The number of rotatable bonds is 8. The van der Waals surface area contributed by atoms with Crippen LogP contribution >= 0.6 is 0 Å². The van der Waals surface area contributed by atoms with Gasteiger partial charge in [-0.05, 0) is 110 Å². The SMILES string of the molecule is c1ccc(-c2cc(N(c3ccc4ccccc4c3)c3ccccc3-c3ccc(-c4ccc5ccccc5c4)cc3)ccc2-c2ccccc2-n2c3ccccc3c3ccccc32)cc1. The maximum absolute atomic E-state index is 2.44. The van der Waals surface area contributed by atoms with Crippen molar-refractivity contribution < 1.29 is 0 Å². The van der Waals surface area contributed by atoms with E-state index in [9.17, 15) is 0 Å². The summed E-state index contributed by atoms with van der Waals surface area (Å²) in [6, 6.07) is 92.9. The van der Waals surface area contributed by atoms with Gasteiger partial charge in [0.2, 0.25) is 0 Å². The van der Waals surface area contributed by atoms with Gasteiger partial charge in [-0.2, -0.15) is 0 Å². The maximum atomic E-state index is 2.44. The summed E-state index contributed by atoms with van der Waals surface area (Å²) in [5.74, 6) is 0. The van der Waals surface area contributed by atoms with E-state index < -0.39 is 0 Å². The molecule has 0 atom stereocenters. The van der Waals surface area contributed by atoms with Crippen molar-refractivity contribution in [3.05, 3.63) is 255 Å². The van der Waals surface area contributed by atoms with E-state index in [1.807, 2.05) is 0 Å². The molecule has 2 nitrogen and oxygen atoms in total. The smallest absolute Gasteiger partial charge is 0.0541 e. The molecule has 0 fully saturated rings. The van der Waals surface area contributed by atoms with Gasteiger partial charge < -0.3 is 9.47 Å². The van der Waals surface area contributed by atoms with Gasteiger partial charge in [0.25, 0.3) is 0 Å². The van der Waals surface area contributed by atoms with Gasteiger partial charge in [0, 0.05) is 33.3 Å². The summed E-state index contributed by atoms with van der Waals surface area (Å²) >= 11 is 0. The van der Waals surface area contributed by atoms with Gasteiger partial charge in [-0.25, -0.2) is 0 Å². The summed E-state index contributed by atoms with van der Waals surface area (Å²) in [6.45, 7) is 0. The summed E-state index contributed by atoms with van der Waals surface area (Å²) in [5.41, 5.74) is 16.2. The zero-order valence-corrected chi connectivity index (χ0v) is 35.1. The van der Waals surface area contributed by atoms with Gasteiger partial charge in [0.05, 0.1) is 22.4 Å². The lowest BCUT2D eigenvalue weighted by atomic mass is 9.92. The van der Waals surface area contributed by atoms with Crippen molar-refractivity contribution >= 4 is 60.4 Å². The summed E-state index contributed by atoms with van der Waals surface area (Å²) in [6.07, 6.45) is 0. The Morgan fingerprint density at radius 2 is 0.766 bits per heavy atom. The summed E-state index contributed by atoms with van der Waals surface area (Å²) in [4.78, 5) is 2.44. The fraction of sp³-hybridized carbons (Fsp3) is 0. The molecule has 0 amide bonds. The third-order valence-corrected chi connectivity index (χ3v) is 12.8. The van der Waals surface area contributed by atoms with Crippen molar-refractivity contribution in [1.29, 1.82) is 0 Å². The molecule has 0 aliphatic rings. The highest BCUT2D eigenvalue weighted by molar-refractivity contribution is 6.10. The molecule has 64 heavy (non-hydrogen) atoms. The first kappa shape index (κ1) is 37.3. The van der Waals surface area contributed by atoms with Gasteiger partial charge in [0.1, 0.15) is 0 Å². The van der Waals surface area contributed by atoms with Crippen LogP contribution in [0.4, 0.5) is 17.1 Å².